The van der Waals surface area contributed by atoms with Gasteiger partial charge in [-0.05, 0) is 18.1 Å². The van der Waals surface area contributed by atoms with E-state index < -0.39 is 0 Å². The summed E-state index contributed by atoms with van der Waals surface area (Å²) in [4.78, 5) is 19.6. The van der Waals surface area contributed by atoms with Crippen LogP contribution < -0.4 is 10.2 Å². The molecule has 0 aromatic heterocycles. The topological polar surface area (TPSA) is 44.7 Å². The third kappa shape index (κ3) is 4.60. The van der Waals surface area contributed by atoms with Gasteiger partial charge in [0.15, 0.2) is 0 Å². The van der Waals surface area contributed by atoms with E-state index in [4.69, 9.17) is 4.99 Å². The summed E-state index contributed by atoms with van der Waals surface area (Å²) in [5, 5.41) is 3.12. The van der Waals surface area contributed by atoms with Gasteiger partial charge in [0.25, 0.3) is 0 Å². The van der Waals surface area contributed by atoms with Gasteiger partial charge >= 0.3 is 0 Å². The summed E-state index contributed by atoms with van der Waals surface area (Å²) in [6.45, 7) is 1.21. The Morgan fingerprint density at radius 2 is 1.63 bits per heavy atom. The normalized spacial score (nSPS) is 15.7. The van der Waals surface area contributed by atoms with Gasteiger partial charge in [0.05, 0.1) is 18.3 Å². The predicted octanol–water partition coefficient (Wildman–Crippen LogP) is 4.09. The van der Waals surface area contributed by atoms with Crippen molar-refractivity contribution in [2.45, 2.75) is 18.9 Å². The maximum atomic E-state index is 12.4. The number of aliphatic imine (C=N–C) groups is 1. The van der Waals surface area contributed by atoms with Gasteiger partial charge in [-0.25, -0.2) is 0 Å². The summed E-state index contributed by atoms with van der Waals surface area (Å²) in [5.74, 6) is 0.0806. The Labute approximate surface area is 178 Å². The van der Waals surface area contributed by atoms with Gasteiger partial charge in [0.1, 0.15) is 0 Å². The highest BCUT2D eigenvalue weighted by Gasteiger charge is 2.24. The molecule has 0 saturated carbocycles. The first-order valence-electron chi connectivity index (χ1n) is 10.4. The Balaban J connectivity index is 1.46. The molecule has 1 aliphatic heterocycles. The van der Waals surface area contributed by atoms with Gasteiger partial charge in [-0.2, -0.15) is 0 Å². The van der Waals surface area contributed by atoms with Gasteiger partial charge in [0.2, 0.25) is 5.91 Å². The fourth-order valence-corrected chi connectivity index (χ4v) is 3.85. The van der Waals surface area contributed by atoms with E-state index >= 15 is 0 Å². The minimum absolute atomic E-state index is 0.0806. The highest BCUT2D eigenvalue weighted by molar-refractivity contribution is 6.16. The Hall–Kier alpha value is -3.40. The number of hydrogen-bond donors (Lipinski definition) is 1. The molecular formula is C26H27N3O. The molecule has 0 saturated heterocycles. The highest BCUT2D eigenvalue weighted by atomic mass is 16.1. The maximum absolute atomic E-state index is 12.4. The number of amides is 1. The minimum Gasteiger partial charge on any atom is -0.367 e. The molecule has 1 heterocycles. The van der Waals surface area contributed by atoms with Crippen LogP contribution >= 0.6 is 0 Å². The number of fused-ring (bicyclic) bond motifs is 1. The molecule has 1 N–H and O–H groups in total. The predicted molar refractivity (Wildman–Crippen MR) is 123 cm³/mol. The van der Waals surface area contributed by atoms with Crippen LogP contribution in [0.3, 0.4) is 0 Å². The summed E-state index contributed by atoms with van der Waals surface area (Å²) in [6.07, 6.45) is 1.25. The number of hydrogen-bond acceptors (Lipinski definition) is 3. The van der Waals surface area contributed by atoms with E-state index in [0.717, 1.165) is 28.9 Å². The lowest BCUT2D eigenvalue weighted by atomic mass is 10.0. The standard InChI is InChI=1S/C26H27N3O/c1-29-22(18-27-25(30)17-16-20-10-4-2-5-11-20)19-28-26(21-12-6-3-7-13-21)23-14-8-9-15-24(23)29/h2-15,22H,16-19H2,1H3,(H,27,30). The lowest BCUT2D eigenvalue weighted by molar-refractivity contribution is -0.121. The number of carbonyl (C=O) groups is 1. The molecule has 3 aromatic carbocycles. The largest absolute Gasteiger partial charge is 0.367 e. The first-order chi connectivity index (χ1) is 14.7. The van der Waals surface area contributed by atoms with Gasteiger partial charge in [-0.3, -0.25) is 9.79 Å². The number of para-hydroxylation sites is 1. The van der Waals surface area contributed by atoms with Gasteiger partial charge in [-0.15, -0.1) is 0 Å². The molecule has 30 heavy (non-hydrogen) atoms. The summed E-state index contributed by atoms with van der Waals surface area (Å²) >= 11 is 0. The number of benzene rings is 3. The monoisotopic (exact) mass is 397 g/mol. The molecule has 0 aliphatic carbocycles. The van der Waals surface area contributed by atoms with Crippen molar-refractivity contribution < 1.29 is 4.79 Å². The van der Waals surface area contributed by atoms with Gasteiger partial charge < -0.3 is 10.2 Å². The van der Waals surface area contributed by atoms with E-state index in [1.54, 1.807) is 0 Å². The fourth-order valence-electron chi connectivity index (χ4n) is 3.85. The number of carbonyl (C=O) groups excluding carboxylic acids is 1. The molecule has 1 unspecified atom stereocenters. The van der Waals surface area contributed by atoms with Crippen molar-refractivity contribution in [2.75, 3.05) is 25.0 Å². The number of benzodiazepines with no additional fused rings is 1. The molecule has 4 nitrogen and oxygen atoms in total. The first-order valence-corrected chi connectivity index (χ1v) is 10.4. The molecular weight excluding hydrogens is 370 g/mol. The molecule has 1 atom stereocenters. The van der Waals surface area contributed by atoms with Crippen LogP contribution in [0.5, 0.6) is 0 Å². The molecule has 4 heteroatoms. The molecule has 3 aromatic rings. The van der Waals surface area contributed by atoms with Crippen molar-refractivity contribution in [2.24, 2.45) is 4.99 Å². The Kier molecular flexibility index (Phi) is 6.23. The average Bonchev–Trinajstić information content (AvgIpc) is 2.94. The number of nitrogens with one attached hydrogen (secondary N) is 1. The van der Waals surface area contributed by atoms with E-state index in [1.807, 2.05) is 36.4 Å². The fraction of sp³-hybridized carbons (Fsp3) is 0.231. The van der Waals surface area contributed by atoms with Crippen molar-refractivity contribution in [1.29, 1.82) is 0 Å². The van der Waals surface area contributed by atoms with E-state index in [9.17, 15) is 4.79 Å². The lowest BCUT2D eigenvalue weighted by Gasteiger charge is -2.28. The summed E-state index contributed by atoms with van der Waals surface area (Å²) in [5.41, 5.74) is 5.58. The number of rotatable bonds is 6. The second kappa shape index (κ2) is 9.40. The zero-order valence-electron chi connectivity index (χ0n) is 17.3. The van der Waals surface area contributed by atoms with Gasteiger partial charge in [0, 0.05) is 36.8 Å². The van der Waals surface area contributed by atoms with Crippen LogP contribution in [0.25, 0.3) is 0 Å². The van der Waals surface area contributed by atoms with Crippen LogP contribution in [-0.2, 0) is 11.2 Å². The molecule has 1 amide bonds. The molecule has 1 aliphatic rings. The average molecular weight is 398 g/mol. The number of nitrogens with zero attached hydrogens (tertiary/aromatic N) is 2. The van der Waals surface area contributed by atoms with Crippen molar-refractivity contribution in [3.05, 3.63) is 102 Å². The van der Waals surface area contributed by atoms with Crippen LogP contribution in [0, 0.1) is 0 Å². The molecule has 0 bridgehead atoms. The van der Waals surface area contributed by atoms with Crippen molar-refractivity contribution in [3.63, 3.8) is 0 Å². The number of anilines is 1. The highest BCUT2D eigenvalue weighted by Crippen LogP contribution is 2.27. The quantitative estimate of drug-likeness (QED) is 0.681. The molecule has 0 spiro atoms. The van der Waals surface area contributed by atoms with Crippen LogP contribution in [0.4, 0.5) is 5.69 Å². The van der Waals surface area contributed by atoms with E-state index in [0.29, 0.717) is 19.5 Å². The van der Waals surface area contributed by atoms with Crippen molar-refractivity contribution in [1.82, 2.24) is 5.32 Å². The van der Waals surface area contributed by atoms with E-state index in [1.165, 1.54) is 5.56 Å². The maximum Gasteiger partial charge on any atom is 0.220 e. The van der Waals surface area contributed by atoms with Crippen LogP contribution in [0.2, 0.25) is 0 Å². The third-order valence-corrected chi connectivity index (χ3v) is 5.61. The first kappa shape index (κ1) is 19.9. The Morgan fingerprint density at radius 3 is 2.40 bits per heavy atom. The second-order valence-electron chi connectivity index (χ2n) is 7.63. The van der Waals surface area contributed by atoms with Crippen LogP contribution in [0.1, 0.15) is 23.1 Å². The summed E-state index contributed by atoms with van der Waals surface area (Å²) < 4.78 is 0. The third-order valence-electron chi connectivity index (χ3n) is 5.61. The van der Waals surface area contributed by atoms with Crippen LogP contribution in [0.15, 0.2) is 89.9 Å². The smallest absolute Gasteiger partial charge is 0.220 e. The molecule has 152 valence electrons. The Bertz CT molecular complexity index is 1010. The van der Waals surface area contributed by atoms with E-state index in [2.05, 4.69) is 65.8 Å². The Morgan fingerprint density at radius 1 is 0.967 bits per heavy atom. The van der Waals surface area contributed by atoms with Gasteiger partial charge in [-0.1, -0.05) is 78.9 Å². The molecule has 4 rings (SSSR count). The van der Waals surface area contributed by atoms with E-state index in [-0.39, 0.29) is 11.9 Å². The second-order valence-corrected chi connectivity index (χ2v) is 7.63. The van der Waals surface area contributed by atoms with Crippen molar-refractivity contribution in [3.8, 4) is 0 Å². The zero-order valence-corrected chi connectivity index (χ0v) is 17.3. The van der Waals surface area contributed by atoms with Crippen molar-refractivity contribution >= 4 is 17.3 Å². The summed E-state index contributed by atoms with van der Waals surface area (Å²) in [6, 6.07) is 28.9. The minimum atomic E-state index is 0.0806. The number of aryl methyl sites for hydroxylation is 1. The zero-order chi connectivity index (χ0) is 20.8. The summed E-state index contributed by atoms with van der Waals surface area (Å²) in [7, 11) is 2.09. The lowest BCUT2D eigenvalue weighted by Crippen LogP contribution is -2.43. The number of likely N-dealkylation sites (N-methyl/N-ethyl adjacent to an activating group) is 1. The molecule has 0 radical (unpaired) electrons. The molecule has 0 fully saturated rings. The van der Waals surface area contributed by atoms with Crippen LogP contribution in [-0.4, -0.2) is 37.8 Å². The SMILES string of the molecule is CN1c2ccccc2C(c2ccccc2)=NCC1CNC(=O)CCc1ccccc1.